The summed E-state index contributed by atoms with van der Waals surface area (Å²) in [5.74, 6) is 0. The number of fused-ring (bicyclic) bond motifs is 1. The molecule has 0 saturated carbocycles. The summed E-state index contributed by atoms with van der Waals surface area (Å²) in [7, 11) is 2.05. The lowest BCUT2D eigenvalue weighted by molar-refractivity contribution is 0.265. The molecule has 0 fully saturated rings. The van der Waals surface area contributed by atoms with Crippen molar-refractivity contribution in [3.05, 3.63) is 33.8 Å². The third kappa shape index (κ3) is 2.26. The molecule has 0 radical (unpaired) electrons. The maximum absolute atomic E-state index is 3.55. The molecule has 0 spiro atoms. The predicted molar refractivity (Wildman–Crippen MR) is 68.0 cm³/mol. The van der Waals surface area contributed by atoms with Crippen LogP contribution in [0.5, 0.6) is 0 Å². The third-order valence-corrected chi connectivity index (χ3v) is 3.75. The molecular weight excluding hydrogens is 250 g/mol. The SMILES string of the molecule is CNC1CC(C)(C)Cc2ccc(Br)cc21. The Balaban J connectivity index is 2.44. The van der Waals surface area contributed by atoms with Gasteiger partial charge in [-0.05, 0) is 48.6 Å². The molecule has 1 aromatic rings. The topological polar surface area (TPSA) is 12.0 Å². The molecule has 2 heteroatoms. The van der Waals surface area contributed by atoms with Crippen LogP contribution in [0.4, 0.5) is 0 Å². The van der Waals surface area contributed by atoms with E-state index in [2.05, 4.69) is 60.3 Å². The van der Waals surface area contributed by atoms with Crippen molar-refractivity contribution in [1.29, 1.82) is 0 Å². The average Bonchev–Trinajstić information content (AvgIpc) is 2.16. The second kappa shape index (κ2) is 3.91. The van der Waals surface area contributed by atoms with Gasteiger partial charge in [-0.2, -0.15) is 0 Å². The first-order chi connectivity index (χ1) is 7.02. The normalized spacial score (nSPS) is 23.6. The van der Waals surface area contributed by atoms with E-state index in [9.17, 15) is 0 Å². The van der Waals surface area contributed by atoms with Crippen LogP contribution in [0.3, 0.4) is 0 Å². The highest BCUT2D eigenvalue weighted by Gasteiger charge is 2.31. The number of hydrogen-bond donors (Lipinski definition) is 1. The Morgan fingerprint density at radius 3 is 2.80 bits per heavy atom. The van der Waals surface area contributed by atoms with Crippen LogP contribution in [-0.2, 0) is 6.42 Å². The van der Waals surface area contributed by atoms with Gasteiger partial charge in [-0.3, -0.25) is 0 Å². The molecule has 0 bridgehead atoms. The summed E-state index contributed by atoms with van der Waals surface area (Å²) in [4.78, 5) is 0. The van der Waals surface area contributed by atoms with Gasteiger partial charge in [-0.1, -0.05) is 35.8 Å². The Bertz CT molecular complexity index is 371. The van der Waals surface area contributed by atoms with E-state index in [-0.39, 0.29) is 0 Å². The van der Waals surface area contributed by atoms with Crippen LogP contribution in [0.15, 0.2) is 22.7 Å². The zero-order valence-corrected chi connectivity index (χ0v) is 11.2. The van der Waals surface area contributed by atoms with Gasteiger partial charge in [0.15, 0.2) is 0 Å². The Kier molecular flexibility index (Phi) is 2.91. The van der Waals surface area contributed by atoms with Crippen molar-refractivity contribution in [1.82, 2.24) is 5.32 Å². The highest BCUT2D eigenvalue weighted by atomic mass is 79.9. The van der Waals surface area contributed by atoms with E-state index in [4.69, 9.17) is 0 Å². The van der Waals surface area contributed by atoms with Gasteiger partial charge in [-0.15, -0.1) is 0 Å². The average molecular weight is 268 g/mol. The number of halogens is 1. The number of nitrogens with one attached hydrogen (secondary N) is 1. The predicted octanol–water partition coefficient (Wildman–Crippen LogP) is 3.68. The minimum absolute atomic E-state index is 0.411. The monoisotopic (exact) mass is 267 g/mol. The minimum atomic E-state index is 0.411. The molecule has 1 unspecified atom stereocenters. The molecule has 82 valence electrons. The first-order valence-electron chi connectivity index (χ1n) is 5.47. The Hall–Kier alpha value is -0.340. The van der Waals surface area contributed by atoms with Crippen LogP contribution in [0.2, 0.25) is 0 Å². The van der Waals surface area contributed by atoms with E-state index in [0.717, 1.165) is 0 Å². The van der Waals surface area contributed by atoms with Crippen molar-refractivity contribution >= 4 is 15.9 Å². The van der Waals surface area contributed by atoms with Crippen molar-refractivity contribution in [2.24, 2.45) is 5.41 Å². The first kappa shape index (κ1) is 11.2. The Morgan fingerprint density at radius 1 is 1.40 bits per heavy atom. The number of rotatable bonds is 1. The molecule has 1 nitrogen and oxygen atoms in total. The van der Waals surface area contributed by atoms with E-state index in [1.807, 2.05) is 0 Å². The quantitative estimate of drug-likeness (QED) is 0.819. The Labute approximate surface area is 100 Å². The van der Waals surface area contributed by atoms with Crippen LogP contribution in [0, 0.1) is 5.41 Å². The highest BCUT2D eigenvalue weighted by Crippen LogP contribution is 2.41. The molecule has 1 N–H and O–H groups in total. The van der Waals surface area contributed by atoms with Gasteiger partial charge in [0.1, 0.15) is 0 Å². The molecule has 1 aromatic carbocycles. The van der Waals surface area contributed by atoms with Gasteiger partial charge in [0, 0.05) is 10.5 Å². The van der Waals surface area contributed by atoms with Crippen molar-refractivity contribution in [2.75, 3.05) is 7.05 Å². The second-order valence-electron chi connectivity index (χ2n) is 5.23. The zero-order valence-electron chi connectivity index (χ0n) is 9.60. The van der Waals surface area contributed by atoms with Gasteiger partial charge in [0.25, 0.3) is 0 Å². The Morgan fingerprint density at radius 2 is 2.13 bits per heavy atom. The molecule has 1 atom stereocenters. The van der Waals surface area contributed by atoms with E-state index in [1.165, 1.54) is 28.4 Å². The van der Waals surface area contributed by atoms with E-state index in [1.54, 1.807) is 0 Å². The molecule has 0 aliphatic heterocycles. The molecule has 2 rings (SSSR count). The molecule has 0 aromatic heterocycles. The van der Waals surface area contributed by atoms with Crippen LogP contribution >= 0.6 is 15.9 Å². The number of hydrogen-bond acceptors (Lipinski definition) is 1. The maximum atomic E-state index is 3.55. The zero-order chi connectivity index (χ0) is 11.1. The van der Waals surface area contributed by atoms with E-state index < -0.39 is 0 Å². The van der Waals surface area contributed by atoms with Gasteiger partial charge in [0.05, 0.1) is 0 Å². The van der Waals surface area contributed by atoms with Crippen LogP contribution in [0.1, 0.15) is 37.4 Å². The largest absolute Gasteiger partial charge is 0.313 e. The fourth-order valence-corrected chi connectivity index (χ4v) is 2.94. The van der Waals surface area contributed by atoms with E-state index in [0.29, 0.717) is 11.5 Å². The van der Waals surface area contributed by atoms with Gasteiger partial charge in [-0.25, -0.2) is 0 Å². The number of benzene rings is 1. The summed E-state index contributed by atoms with van der Waals surface area (Å²) in [6.45, 7) is 4.70. The lowest BCUT2D eigenvalue weighted by atomic mass is 9.72. The lowest BCUT2D eigenvalue weighted by Gasteiger charge is -2.37. The summed E-state index contributed by atoms with van der Waals surface area (Å²) in [6, 6.07) is 7.16. The van der Waals surface area contributed by atoms with Gasteiger partial charge >= 0.3 is 0 Å². The fourth-order valence-electron chi connectivity index (χ4n) is 2.56. The first-order valence-corrected chi connectivity index (χ1v) is 6.27. The third-order valence-electron chi connectivity index (χ3n) is 3.26. The van der Waals surface area contributed by atoms with Crippen molar-refractivity contribution in [2.45, 2.75) is 32.7 Å². The minimum Gasteiger partial charge on any atom is -0.313 e. The van der Waals surface area contributed by atoms with Gasteiger partial charge in [0.2, 0.25) is 0 Å². The fraction of sp³-hybridized carbons (Fsp3) is 0.538. The van der Waals surface area contributed by atoms with E-state index >= 15 is 0 Å². The molecular formula is C13H18BrN. The van der Waals surface area contributed by atoms with Crippen LogP contribution in [0.25, 0.3) is 0 Å². The second-order valence-corrected chi connectivity index (χ2v) is 6.15. The molecule has 0 saturated heterocycles. The molecule has 15 heavy (non-hydrogen) atoms. The van der Waals surface area contributed by atoms with Gasteiger partial charge < -0.3 is 5.32 Å². The molecule has 1 aliphatic carbocycles. The highest BCUT2D eigenvalue weighted by molar-refractivity contribution is 9.10. The molecule has 1 aliphatic rings. The lowest BCUT2D eigenvalue weighted by Crippen LogP contribution is -2.31. The molecule has 0 heterocycles. The summed E-state index contributed by atoms with van der Waals surface area (Å²) in [5.41, 5.74) is 3.37. The summed E-state index contributed by atoms with van der Waals surface area (Å²) in [5, 5.41) is 3.42. The molecule has 0 amide bonds. The van der Waals surface area contributed by atoms with Crippen LogP contribution < -0.4 is 5.32 Å². The van der Waals surface area contributed by atoms with Crippen molar-refractivity contribution in [3.63, 3.8) is 0 Å². The summed E-state index contributed by atoms with van der Waals surface area (Å²) in [6.07, 6.45) is 2.40. The smallest absolute Gasteiger partial charge is 0.0325 e. The standard InChI is InChI=1S/C13H18BrN/c1-13(2)7-9-4-5-10(14)6-11(9)12(8-13)15-3/h4-6,12,15H,7-8H2,1-3H3. The van der Waals surface area contributed by atoms with Crippen molar-refractivity contribution < 1.29 is 0 Å². The van der Waals surface area contributed by atoms with Crippen molar-refractivity contribution in [3.8, 4) is 0 Å². The summed E-state index contributed by atoms with van der Waals surface area (Å²) < 4.78 is 1.18. The maximum Gasteiger partial charge on any atom is 0.0325 e. The van der Waals surface area contributed by atoms with Crippen LogP contribution in [-0.4, -0.2) is 7.05 Å². The summed E-state index contributed by atoms with van der Waals surface area (Å²) >= 11 is 3.55.